The van der Waals surface area contributed by atoms with Crippen LogP contribution in [0.25, 0.3) is 0 Å². The number of benzene rings is 1. The predicted molar refractivity (Wildman–Crippen MR) is 104 cm³/mol. The molecule has 0 radical (unpaired) electrons. The number of aliphatic hydroxyl groups excluding tert-OH is 1. The third kappa shape index (κ3) is 3.89. The topological polar surface area (TPSA) is 95.4 Å². The molecule has 7 nitrogen and oxygen atoms in total. The molecule has 1 saturated heterocycles. The van der Waals surface area contributed by atoms with Crippen molar-refractivity contribution >= 4 is 17.5 Å². The highest BCUT2D eigenvalue weighted by molar-refractivity contribution is 6.00. The molecule has 1 aliphatic heterocycles. The van der Waals surface area contributed by atoms with Gasteiger partial charge in [-0.15, -0.1) is 0 Å². The zero-order chi connectivity index (χ0) is 21.5. The molecule has 30 heavy (non-hydrogen) atoms. The average Bonchev–Trinajstić information content (AvgIpc) is 2.96. The van der Waals surface area contributed by atoms with Crippen LogP contribution >= 0.6 is 0 Å². The van der Waals surface area contributed by atoms with Crippen LogP contribution < -0.4 is 10.2 Å². The molecule has 9 heteroatoms. The van der Waals surface area contributed by atoms with Gasteiger partial charge in [-0.1, -0.05) is 0 Å². The summed E-state index contributed by atoms with van der Waals surface area (Å²) in [7, 11) is 0. The number of carbonyl (C=O) groups excluding carboxylic acids is 2. The number of amides is 2. The van der Waals surface area contributed by atoms with Gasteiger partial charge in [-0.2, -0.15) is 0 Å². The zero-order valence-electron chi connectivity index (χ0n) is 16.4. The number of aryl methyl sites for hydroxylation is 1. The molecule has 1 spiro atoms. The van der Waals surface area contributed by atoms with E-state index in [2.05, 4.69) is 15.3 Å². The maximum Gasteiger partial charge on any atom is 0.270 e. The SMILES string of the molecule is Cc1nccc(C(=O)N[C@@H]2C[C@@H](O)CC3(CCN(c4cc(F)cc(F)c4)C3=O)C2)n1. The van der Waals surface area contributed by atoms with Gasteiger partial charge < -0.3 is 15.3 Å². The van der Waals surface area contributed by atoms with Gasteiger partial charge in [-0.25, -0.2) is 18.7 Å². The fourth-order valence-corrected chi connectivity index (χ4v) is 4.59. The second-order valence-electron chi connectivity index (χ2n) is 8.07. The van der Waals surface area contributed by atoms with Gasteiger partial charge in [-0.05, 0) is 50.8 Å². The van der Waals surface area contributed by atoms with Crippen molar-refractivity contribution < 1.29 is 23.5 Å². The van der Waals surface area contributed by atoms with Crippen molar-refractivity contribution in [1.82, 2.24) is 15.3 Å². The number of anilines is 1. The van der Waals surface area contributed by atoms with Crippen LogP contribution in [0.2, 0.25) is 0 Å². The van der Waals surface area contributed by atoms with Crippen molar-refractivity contribution in [2.45, 2.75) is 44.8 Å². The van der Waals surface area contributed by atoms with Crippen LogP contribution in [-0.2, 0) is 4.79 Å². The summed E-state index contributed by atoms with van der Waals surface area (Å²) < 4.78 is 27.2. The first-order valence-corrected chi connectivity index (χ1v) is 9.82. The van der Waals surface area contributed by atoms with Crippen molar-refractivity contribution in [1.29, 1.82) is 0 Å². The predicted octanol–water partition coefficient (Wildman–Crippen LogP) is 2.13. The first-order chi connectivity index (χ1) is 14.3. The third-order valence-corrected chi connectivity index (χ3v) is 5.84. The van der Waals surface area contributed by atoms with E-state index in [4.69, 9.17) is 0 Å². The minimum absolute atomic E-state index is 0.159. The van der Waals surface area contributed by atoms with Crippen LogP contribution in [0.3, 0.4) is 0 Å². The normalized spacial score (nSPS) is 26.3. The molecule has 158 valence electrons. The molecule has 2 aliphatic rings. The first kappa shape index (κ1) is 20.3. The van der Waals surface area contributed by atoms with Crippen molar-refractivity contribution in [2.24, 2.45) is 5.41 Å². The molecule has 0 bridgehead atoms. The van der Waals surface area contributed by atoms with E-state index >= 15 is 0 Å². The molecule has 2 fully saturated rings. The van der Waals surface area contributed by atoms with Gasteiger partial charge in [0.05, 0.1) is 11.5 Å². The minimum atomic E-state index is -0.889. The number of hydrogen-bond donors (Lipinski definition) is 2. The van der Waals surface area contributed by atoms with Crippen molar-refractivity contribution in [3.8, 4) is 0 Å². The van der Waals surface area contributed by atoms with E-state index < -0.39 is 35.1 Å². The quantitative estimate of drug-likeness (QED) is 0.799. The number of aliphatic hydroxyl groups is 1. The van der Waals surface area contributed by atoms with Crippen molar-refractivity contribution in [3.05, 3.63) is 53.6 Å². The molecule has 4 rings (SSSR count). The Kier molecular flexibility index (Phi) is 5.23. The number of carbonyl (C=O) groups is 2. The lowest BCUT2D eigenvalue weighted by atomic mass is 9.69. The Bertz CT molecular complexity index is 982. The van der Waals surface area contributed by atoms with E-state index in [0.29, 0.717) is 31.6 Å². The summed E-state index contributed by atoms with van der Waals surface area (Å²) in [4.78, 5) is 35.2. The Hall–Kier alpha value is -2.94. The zero-order valence-corrected chi connectivity index (χ0v) is 16.4. The largest absolute Gasteiger partial charge is 0.393 e. The Labute approximate surface area is 172 Å². The monoisotopic (exact) mass is 416 g/mol. The number of nitrogens with zero attached hydrogens (tertiary/aromatic N) is 3. The van der Waals surface area contributed by atoms with Gasteiger partial charge in [0.15, 0.2) is 0 Å². The van der Waals surface area contributed by atoms with E-state index in [1.807, 2.05) is 0 Å². The highest BCUT2D eigenvalue weighted by Gasteiger charge is 2.52. The van der Waals surface area contributed by atoms with E-state index in [0.717, 1.165) is 18.2 Å². The Morgan fingerprint density at radius 3 is 2.70 bits per heavy atom. The summed E-state index contributed by atoms with van der Waals surface area (Å²) in [6.45, 7) is 1.97. The first-order valence-electron chi connectivity index (χ1n) is 9.82. The van der Waals surface area contributed by atoms with Crippen molar-refractivity contribution in [3.63, 3.8) is 0 Å². The number of aromatic nitrogens is 2. The molecular weight excluding hydrogens is 394 g/mol. The minimum Gasteiger partial charge on any atom is -0.393 e. The Morgan fingerprint density at radius 2 is 2.00 bits per heavy atom. The van der Waals surface area contributed by atoms with Gasteiger partial charge in [-0.3, -0.25) is 9.59 Å². The molecule has 3 atom stereocenters. The summed E-state index contributed by atoms with van der Waals surface area (Å²) >= 11 is 0. The summed E-state index contributed by atoms with van der Waals surface area (Å²) in [6, 6.07) is 4.07. The maximum atomic E-state index is 13.6. The van der Waals surface area contributed by atoms with Gasteiger partial charge in [0.1, 0.15) is 23.2 Å². The van der Waals surface area contributed by atoms with Crippen LogP contribution in [0.4, 0.5) is 14.5 Å². The highest BCUT2D eigenvalue weighted by atomic mass is 19.1. The lowest BCUT2D eigenvalue weighted by molar-refractivity contribution is -0.130. The molecule has 1 aromatic heterocycles. The summed E-state index contributed by atoms with van der Waals surface area (Å²) in [5.41, 5.74) is -0.516. The smallest absolute Gasteiger partial charge is 0.270 e. The number of hydrogen-bond acceptors (Lipinski definition) is 5. The molecule has 1 aromatic carbocycles. The molecular formula is C21H22F2N4O3. The van der Waals surface area contributed by atoms with Gasteiger partial charge in [0, 0.05) is 30.5 Å². The van der Waals surface area contributed by atoms with Gasteiger partial charge >= 0.3 is 0 Å². The molecule has 2 aromatic rings. The molecule has 1 aliphatic carbocycles. The highest BCUT2D eigenvalue weighted by Crippen LogP contribution is 2.46. The van der Waals surface area contributed by atoms with Gasteiger partial charge in [0.2, 0.25) is 5.91 Å². The van der Waals surface area contributed by atoms with E-state index in [9.17, 15) is 23.5 Å². The maximum absolute atomic E-state index is 13.6. The Morgan fingerprint density at radius 1 is 1.27 bits per heavy atom. The second-order valence-corrected chi connectivity index (χ2v) is 8.07. The van der Waals surface area contributed by atoms with Crippen LogP contribution in [0.15, 0.2) is 30.5 Å². The van der Waals surface area contributed by atoms with Crippen LogP contribution in [0.1, 0.15) is 42.0 Å². The van der Waals surface area contributed by atoms with Crippen LogP contribution in [-0.4, -0.2) is 45.6 Å². The summed E-state index contributed by atoms with van der Waals surface area (Å²) in [5, 5.41) is 13.3. The average molecular weight is 416 g/mol. The van der Waals surface area contributed by atoms with Crippen LogP contribution in [0.5, 0.6) is 0 Å². The standard InChI is InChI=1S/C21H22F2N4O3/c1-12-24-4-2-18(25-12)19(29)26-15-9-17(28)11-21(10-15)3-5-27(20(21)30)16-7-13(22)6-14(23)8-16/h2,4,6-8,15,17,28H,3,5,9-11H2,1H3,(H,26,29)/t15-,17-,21?/m1/s1. The van der Waals surface area contributed by atoms with E-state index in [1.54, 1.807) is 6.92 Å². The summed E-state index contributed by atoms with van der Waals surface area (Å²) in [5.74, 6) is -1.74. The number of rotatable bonds is 3. The lowest BCUT2D eigenvalue weighted by Gasteiger charge is -2.39. The third-order valence-electron chi connectivity index (χ3n) is 5.84. The molecule has 1 unspecified atom stereocenters. The fourth-order valence-electron chi connectivity index (χ4n) is 4.59. The number of nitrogens with one attached hydrogen (secondary N) is 1. The summed E-state index contributed by atoms with van der Waals surface area (Å²) in [6.07, 6.45) is 2.06. The van der Waals surface area contributed by atoms with Crippen LogP contribution in [0, 0.1) is 24.0 Å². The van der Waals surface area contributed by atoms with Crippen molar-refractivity contribution in [2.75, 3.05) is 11.4 Å². The van der Waals surface area contributed by atoms with Gasteiger partial charge in [0.25, 0.3) is 5.91 Å². The lowest BCUT2D eigenvalue weighted by Crippen LogP contribution is -2.50. The molecule has 2 amide bonds. The molecule has 1 saturated carbocycles. The van der Waals surface area contributed by atoms with E-state index in [1.165, 1.54) is 17.2 Å². The fraction of sp³-hybridized carbons (Fsp3) is 0.429. The second kappa shape index (κ2) is 7.71. The van der Waals surface area contributed by atoms with E-state index in [-0.39, 0.29) is 23.7 Å². The molecule has 2 heterocycles. The number of halogens is 2. The Balaban J connectivity index is 1.52. The molecule has 2 N–H and O–H groups in total.